The van der Waals surface area contributed by atoms with E-state index >= 15 is 0 Å². The van der Waals surface area contributed by atoms with Gasteiger partial charge in [0.2, 0.25) is 5.88 Å². The van der Waals surface area contributed by atoms with Gasteiger partial charge in [-0.15, -0.1) is 0 Å². The van der Waals surface area contributed by atoms with Crippen LogP contribution in [0.1, 0.15) is 38.3 Å². The number of pyridine rings is 1. The van der Waals surface area contributed by atoms with Gasteiger partial charge in [-0.3, -0.25) is 4.79 Å². The third-order valence-corrected chi connectivity index (χ3v) is 6.23. The highest BCUT2D eigenvalue weighted by Crippen LogP contribution is 2.37. The number of anilines is 1. The standard InChI is InChI=1S/C24H23Cl2N3O2/c1-14-10-15(2)28-23(31-13-16-6-4-3-5-7-16)18(14)12-29-9-8-17-19(25)11-20(27)22(26)21(17)24(29)30/h3-7,10-11H,8-9,12-13,27H2,1-2H3. The lowest BCUT2D eigenvalue weighted by Gasteiger charge is -2.31. The van der Waals surface area contributed by atoms with Crippen LogP contribution in [0, 0.1) is 13.8 Å². The number of aromatic nitrogens is 1. The van der Waals surface area contributed by atoms with Gasteiger partial charge in [-0.2, -0.15) is 0 Å². The Balaban J connectivity index is 1.63. The molecule has 0 aliphatic carbocycles. The molecule has 0 saturated carbocycles. The zero-order valence-corrected chi connectivity index (χ0v) is 18.9. The van der Waals surface area contributed by atoms with Crippen LogP contribution in [0.4, 0.5) is 5.69 Å². The molecule has 0 fully saturated rings. The number of hydrogen-bond donors (Lipinski definition) is 1. The molecule has 5 nitrogen and oxygen atoms in total. The first kappa shape index (κ1) is 21.5. The molecule has 2 aromatic carbocycles. The number of fused-ring (bicyclic) bond motifs is 1. The summed E-state index contributed by atoms with van der Waals surface area (Å²) in [6.45, 7) is 5.22. The maximum Gasteiger partial charge on any atom is 0.256 e. The lowest BCUT2D eigenvalue weighted by atomic mass is 9.97. The first-order chi connectivity index (χ1) is 14.8. The Labute approximate surface area is 191 Å². The van der Waals surface area contributed by atoms with E-state index in [2.05, 4.69) is 4.98 Å². The van der Waals surface area contributed by atoms with Gasteiger partial charge in [-0.1, -0.05) is 53.5 Å². The molecule has 160 valence electrons. The molecule has 4 rings (SSSR count). The second-order valence-electron chi connectivity index (χ2n) is 7.73. The number of benzene rings is 2. The van der Waals surface area contributed by atoms with Crippen LogP contribution in [0.25, 0.3) is 0 Å². The SMILES string of the molecule is Cc1cc(C)c(CN2CCc3c(Cl)cc(N)c(Cl)c3C2=O)c(OCc2ccccc2)n1. The van der Waals surface area contributed by atoms with Gasteiger partial charge in [0.15, 0.2) is 0 Å². The van der Waals surface area contributed by atoms with Crippen molar-refractivity contribution in [1.82, 2.24) is 9.88 Å². The van der Waals surface area contributed by atoms with E-state index in [-0.39, 0.29) is 10.9 Å². The van der Waals surface area contributed by atoms with Gasteiger partial charge in [0.1, 0.15) is 6.61 Å². The number of nitrogens with two attached hydrogens (primary N) is 1. The van der Waals surface area contributed by atoms with Crippen LogP contribution >= 0.6 is 23.2 Å². The Bertz CT molecular complexity index is 1150. The first-order valence-electron chi connectivity index (χ1n) is 10.0. The molecule has 1 aliphatic heterocycles. The van der Waals surface area contributed by atoms with Gasteiger partial charge < -0.3 is 15.4 Å². The normalized spacial score (nSPS) is 13.3. The molecule has 7 heteroatoms. The molecule has 1 aromatic heterocycles. The summed E-state index contributed by atoms with van der Waals surface area (Å²) < 4.78 is 6.08. The molecule has 3 aromatic rings. The number of carbonyl (C=O) groups is 1. The molecular weight excluding hydrogens is 433 g/mol. The summed E-state index contributed by atoms with van der Waals surface area (Å²) in [5, 5.41) is 0.735. The summed E-state index contributed by atoms with van der Waals surface area (Å²) in [5.41, 5.74) is 11.2. The van der Waals surface area contributed by atoms with E-state index < -0.39 is 0 Å². The predicted molar refractivity (Wildman–Crippen MR) is 124 cm³/mol. The minimum atomic E-state index is -0.186. The summed E-state index contributed by atoms with van der Waals surface area (Å²) in [6, 6.07) is 13.5. The number of halogens is 2. The Morgan fingerprint density at radius 1 is 1.16 bits per heavy atom. The highest BCUT2D eigenvalue weighted by molar-refractivity contribution is 6.39. The van der Waals surface area contributed by atoms with Crippen molar-refractivity contribution in [3.8, 4) is 5.88 Å². The van der Waals surface area contributed by atoms with Gasteiger partial charge >= 0.3 is 0 Å². The second-order valence-corrected chi connectivity index (χ2v) is 8.52. The Morgan fingerprint density at radius 3 is 2.65 bits per heavy atom. The minimum absolute atomic E-state index is 0.186. The number of ether oxygens (including phenoxy) is 1. The molecule has 0 radical (unpaired) electrons. The van der Waals surface area contributed by atoms with Gasteiger partial charge in [0.05, 0.1) is 22.8 Å². The Kier molecular flexibility index (Phi) is 6.08. The second kappa shape index (κ2) is 8.77. The summed E-state index contributed by atoms with van der Waals surface area (Å²) in [5.74, 6) is 0.353. The number of hydrogen-bond acceptors (Lipinski definition) is 4. The fourth-order valence-electron chi connectivity index (χ4n) is 3.87. The summed E-state index contributed by atoms with van der Waals surface area (Å²) in [6.07, 6.45) is 0.610. The number of nitrogen functional groups attached to an aromatic ring is 1. The van der Waals surface area contributed by atoms with Crippen molar-refractivity contribution in [3.05, 3.63) is 86.0 Å². The maximum absolute atomic E-state index is 13.3. The van der Waals surface area contributed by atoms with Crippen molar-refractivity contribution >= 4 is 34.8 Å². The molecule has 0 saturated heterocycles. The molecule has 0 atom stereocenters. The average molecular weight is 456 g/mol. The van der Waals surface area contributed by atoms with E-state index in [1.165, 1.54) is 0 Å². The molecule has 2 heterocycles. The Morgan fingerprint density at radius 2 is 1.90 bits per heavy atom. The molecule has 0 spiro atoms. The van der Waals surface area contributed by atoms with Crippen LogP contribution in [-0.4, -0.2) is 22.3 Å². The first-order valence-corrected chi connectivity index (χ1v) is 10.8. The highest BCUT2D eigenvalue weighted by Gasteiger charge is 2.30. The van der Waals surface area contributed by atoms with Crippen LogP contribution in [0.3, 0.4) is 0 Å². The third-order valence-electron chi connectivity index (χ3n) is 5.48. The molecule has 1 amide bonds. The largest absolute Gasteiger partial charge is 0.473 e. The number of carbonyl (C=O) groups excluding carboxylic acids is 1. The van der Waals surface area contributed by atoms with E-state index in [1.807, 2.05) is 50.2 Å². The van der Waals surface area contributed by atoms with Crippen LogP contribution in [-0.2, 0) is 19.6 Å². The summed E-state index contributed by atoms with van der Waals surface area (Å²) in [4.78, 5) is 19.6. The van der Waals surface area contributed by atoms with E-state index in [0.29, 0.717) is 48.3 Å². The fourth-order valence-corrected chi connectivity index (χ4v) is 4.42. The van der Waals surface area contributed by atoms with Gasteiger partial charge in [0.25, 0.3) is 5.91 Å². The van der Waals surface area contributed by atoms with Crippen LogP contribution in [0.15, 0.2) is 42.5 Å². The van der Waals surface area contributed by atoms with Crippen LogP contribution < -0.4 is 10.5 Å². The van der Waals surface area contributed by atoms with Crippen LogP contribution in [0.2, 0.25) is 10.0 Å². The summed E-state index contributed by atoms with van der Waals surface area (Å²) >= 11 is 12.7. The van der Waals surface area contributed by atoms with E-state index in [9.17, 15) is 4.79 Å². The highest BCUT2D eigenvalue weighted by atomic mass is 35.5. The smallest absolute Gasteiger partial charge is 0.256 e. The molecule has 1 aliphatic rings. The van der Waals surface area contributed by atoms with Crippen molar-refractivity contribution in [2.45, 2.75) is 33.4 Å². The van der Waals surface area contributed by atoms with Crippen molar-refractivity contribution in [2.75, 3.05) is 12.3 Å². The Hall–Kier alpha value is -2.76. The van der Waals surface area contributed by atoms with Crippen molar-refractivity contribution in [1.29, 1.82) is 0 Å². The van der Waals surface area contributed by atoms with E-state index in [4.69, 9.17) is 33.7 Å². The van der Waals surface area contributed by atoms with Gasteiger partial charge in [-0.05, 0) is 49.1 Å². The third kappa shape index (κ3) is 4.34. The molecule has 31 heavy (non-hydrogen) atoms. The lowest BCUT2D eigenvalue weighted by Crippen LogP contribution is -2.38. The summed E-state index contributed by atoms with van der Waals surface area (Å²) in [7, 11) is 0. The van der Waals surface area contributed by atoms with E-state index in [1.54, 1.807) is 11.0 Å². The van der Waals surface area contributed by atoms with Crippen molar-refractivity contribution in [2.24, 2.45) is 0 Å². The number of nitrogens with zero attached hydrogens (tertiary/aromatic N) is 2. The monoisotopic (exact) mass is 455 g/mol. The zero-order valence-electron chi connectivity index (χ0n) is 17.4. The quantitative estimate of drug-likeness (QED) is 0.525. The molecule has 0 unspecified atom stereocenters. The number of rotatable bonds is 5. The molecule has 2 N–H and O–H groups in total. The van der Waals surface area contributed by atoms with Gasteiger partial charge in [-0.25, -0.2) is 4.98 Å². The van der Waals surface area contributed by atoms with Gasteiger partial charge in [0, 0.05) is 22.8 Å². The molecular formula is C24H23Cl2N3O2. The maximum atomic E-state index is 13.3. The fraction of sp³-hybridized carbons (Fsp3) is 0.250. The van der Waals surface area contributed by atoms with Crippen LogP contribution in [0.5, 0.6) is 5.88 Å². The average Bonchev–Trinajstić information content (AvgIpc) is 2.74. The number of aryl methyl sites for hydroxylation is 2. The number of amides is 1. The lowest BCUT2D eigenvalue weighted by molar-refractivity contribution is 0.0725. The van der Waals surface area contributed by atoms with Crippen molar-refractivity contribution < 1.29 is 9.53 Å². The minimum Gasteiger partial charge on any atom is -0.473 e. The predicted octanol–water partition coefficient (Wildman–Crippen LogP) is 5.36. The zero-order chi connectivity index (χ0) is 22.1. The topological polar surface area (TPSA) is 68.5 Å². The molecule has 0 bridgehead atoms. The van der Waals surface area contributed by atoms with E-state index in [0.717, 1.165) is 27.9 Å². The van der Waals surface area contributed by atoms with Crippen molar-refractivity contribution in [3.63, 3.8) is 0 Å².